The highest BCUT2D eigenvalue weighted by Gasteiger charge is 2.33. The number of carbonyl (C=O) groups excluding carboxylic acids is 1. The van der Waals surface area contributed by atoms with Crippen LogP contribution >= 0.6 is 0 Å². The third-order valence-electron chi connectivity index (χ3n) is 7.66. The highest BCUT2D eigenvalue weighted by Crippen LogP contribution is 2.44. The Kier molecular flexibility index (Phi) is 7.53. The van der Waals surface area contributed by atoms with Crippen molar-refractivity contribution in [2.75, 3.05) is 13.2 Å². The summed E-state index contributed by atoms with van der Waals surface area (Å²) in [5.74, 6) is 0.797. The first-order valence-electron chi connectivity index (χ1n) is 13.7. The molecule has 3 unspecified atom stereocenters. The fraction of sp³-hybridized carbons (Fsp3) is 0.265. The first-order chi connectivity index (χ1) is 19.5. The molecule has 2 aliphatic rings. The third-order valence-corrected chi connectivity index (χ3v) is 7.66. The van der Waals surface area contributed by atoms with Gasteiger partial charge in [-0.2, -0.15) is 0 Å². The molecule has 1 heterocycles. The van der Waals surface area contributed by atoms with Crippen molar-refractivity contribution in [2.24, 2.45) is 0 Å². The lowest BCUT2D eigenvalue weighted by molar-refractivity contribution is -0.223. The van der Waals surface area contributed by atoms with Crippen molar-refractivity contribution in [3.8, 4) is 16.9 Å². The van der Waals surface area contributed by atoms with Crippen LogP contribution in [0.1, 0.15) is 46.9 Å². The molecule has 3 atom stereocenters. The normalized spacial score (nSPS) is 19.9. The number of aryl methyl sites for hydroxylation is 1. The lowest BCUT2D eigenvalue weighted by Gasteiger charge is -2.35. The molecule has 204 valence electrons. The van der Waals surface area contributed by atoms with E-state index >= 15 is 0 Å². The van der Waals surface area contributed by atoms with Crippen LogP contribution in [0.5, 0.6) is 5.75 Å². The molecule has 1 amide bonds. The van der Waals surface area contributed by atoms with Crippen LogP contribution in [0, 0.1) is 6.92 Å². The Morgan fingerprint density at radius 2 is 1.52 bits per heavy atom. The van der Waals surface area contributed by atoms with Gasteiger partial charge in [-0.15, -0.1) is 0 Å². The smallest absolute Gasteiger partial charge is 0.407 e. The number of ether oxygens (including phenoxy) is 4. The molecule has 4 aromatic carbocycles. The van der Waals surface area contributed by atoms with Crippen molar-refractivity contribution in [3.63, 3.8) is 0 Å². The lowest BCUT2D eigenvalue weighted by atomic mass is 9.98. The van der Waals surface area contributed by atoms with E-state index in [0.717, 1.165) is 16.9 Å². The first kappa shape index (κ1) is 26.1. The van der Waals surface area contributed by atoms with Crippen LogP contribution < -0.4 is 10.1 Å². The fourth-order valence-corrected chi connectivity index (χ4v) is 5.35. The van der Waals surface area contributed by atoms with E-state index in [1.165, 1.54) is 27.8 Å². The molecule has 0 spiro atoms. The van der Waals surface area contributed by atoms with Crippen LogP contribution in [-0.2, 0) is 20.8 Å². The Bertz CT molecular complexity index is 1420. The summed E-state index contributed by atoms with van der Waals surface area (Å²) in [6.45, 7) is 5.10. The molecule has 6 rings (SSSR count). The predicted octanol–water partition coefficient (Wildman–Crippen LogP) is 6.92. The molecule has 1 aliphatic heterocycles. The maximum absolute atomic E-state index is 12.7. The van der Waals surface area contributed by atoms with Gasteiger partial charge in [0.05, 0.1) is 18.8 Å². The molecular formula is C34H33NO5. The fourth-order valence-electron chi connectivity index (χ4n) is 5.35. The molecule has 0 aromatic heterocycles. The summed E-state index contributed by atoms with van der Waals surface area (Å²) in [5, 5.41) is 2.93. The summed E-state index contributed by atoms with van der Waals surface area (Å²) < 4.78 is 23.7. The monoisotopic (exact) mass is 535 g/mol. The average Bonchev–Trinajstić information content (AvgIpc) is 3.31. The number of hydrogen-bond donors (Lipinski definition) is 1. The van der Waals surface area contributed by atoms with Gasteiger partial charge < -0.3 is 24.3 Å². The SMILES string of the molecule is Cc1ccc(COc2ccc(C3OCC(NC(=O)OCC4c5ccccc5-c5ccccc54)C(C)O3)cc2)cc1. The molecule has 6 heteroatoms. The van der Waals surface area contributed by atoms with Gasteiger partial charge in [0.15, 0.2) is 6.29 Å². The second kappa shape index (κ2) is 11.5. The van der Waals surface area contributed by atoms with Crippen LogP contribution in [0.15, 0.2) is 97.1 Å². The maximum Gasteiger partial charge on any atom is 0.407 e. The number of benzene rings is 4. The van der Waals surface area contributed by atoms with Crippen LogP contribution in [0.25, 0.3) is 11.1 Å². The Morgan fingerprint density at radius 1 is 0.875 bits per heavy atom. The van der Waals surface area contributed by atoms with E-state index in [4.69, 9.17) is 18.9 Å². The number of alkyl carbamates (subject to hydrolysis) is 1. The summed E-state index contributed by atoms with van der Waals surface area (Å²) >= 11 is 0. The number of rotatable bonds is 7. The summed E-state index contributed by atoms with van der Waals surface area (Å²) in [7, 11) is 0. The van der Waals surface area contributed by atoms with E-state index in [1.54, 1.807) is 0 Å². The molecule has 1 fully saturated rings. The molecular weight excluding hydrogens is 502 g/mol. The molecule has 1 saturated heterocycles. The van der Waals surface area contributed by atoms with Crippen molar-refractivity contribution in [2.45, 2.75) is 44.8 Å². The summed E-state index contributed by atoms with van der Waals surface area (Å²) in [6, 6.07) is 32.3. The minimum Gasteiger partial charge on any atom is -0.489 e. The first-order valence-corrected chi connectivity index (χ1v) is 13.7. The van der Waals surface area contributed by atoms with Crippen molar-refractivity contribution in [3.05, 3.63) is 125 Å². The number of amides is 1. The lowest BCUT2D eigenvalue weighted by Crippen LogP contribution is -2.50. The molecule has 0 saturated carbocycles. The average molecular weight is 536 g/mol. The molecule has 1 aliphatic carbocycles. The van der Waals surface area contributed by atoms with Gasteiger partial charge in [0.25, 0.3) is 0 Å². The predicted molar refractivity (Wildman–Crippen MR) is 153 cm³/mol. The van der Waals surface area contributed by atoms with Crippen molar-refractivity contribution in [1.29, 1.82) is 0 Å². The second-order valence-corrected chi connectivity index (χ2v) is 10.4. The number of hydrogen-bond acceptors (Lipinski definition) is 5. The van der Waals surface area contributed by atoms with E-state index in [9.17, 15) is 4.79 Å². The molecule has 0 bridgehead atoms. The Balaban J connectivity index is 0.993. The van der Waals surface area contributed by atoms with Gasteiger partial charge in [-0.3, -0.25) is 0 Å². The van der Waals surface area contributed by atoms with Gasteiger partial charge in [0, 0.05) is 11.5 Å². The zero-order chi connectivity index (χ0) is 27.5. The van der Waals surface area contributed by atoms with Crippen LogP contribution in [0.2, 0.25) is 0 Å². The minimum absolute atomic E-state index is 0.0163. The third kappa shape index (κ3) is 5.60. The number of nitrogens with one attached hydrogen (secondary N) is 1. The van der Waals surface area contributed by atoms with Crippen LogP contribution in [0.4, 0.5) is 4.79 Å². The van der Waals surface area contributed by atoms with E-state index in [2.05, 4.69) is 60.8 Å². The molecule has 0 radical (unpaired) electrons. The zero-order valence-corrected chi connectivity index (χ0v) is 22.7. The van der Waals surface area contributed by atoms with Gasteiger partial charge in [0.2, 0.25) is 0 Å². The Labute approximate surface area is 234 Å². The maximum atomic E-state index is 12.7. The van der Waals surface area contributed by atoms with E-state index in [0.29, 0.717) is 13.2 Å². The quantitative estimate of drug-likeness (QED) is 0.278. The topological polar surface area (TPSA) is 66.0 Å². The van der Waals surface area contributed by atoms with Crippen molar-refractivity contribution in [1.82, 2.24) is 5.32 Å². The second-order valence-electron chi connectivity index (χ2n) is 10.4. The van der Waals surface area contributed by atoms with Crippen LogP contribution in [-0.4, -0.2) is 31.5 Å². The van der Waals surface area contributed by atoms with E-state index < -0.39 is 12.4 Å². The molecule has 6 nitrogen and oxygen atoms in total. The Hall–Kier alpha value is -4.13. The van der Waals surface area contributed by atoms with Gasteiger partial charge in [-0.25, -0.2) is 4.79 Å². The van der Waals surface area contributed by atoms with Gasteiger partial charge in [-0.1, -0.05) is 90.5 Å². The van der Waals surface area contributed by atoms with E-state index in [1.807, 2.05) is 55.5 Å². The summed E-state index contributed by atoms with van der Waals surface area (Å²) in [6.07, 6.45) is -1.24. The highest BCUT2D eigenvalue weighted by atomic mass is 16.7. The number of fused-ring (bicyclic) bond motifs is 3. The zero-order valence-electron chi connectivity index (χ0n) is 22.7. The van der Waals surface area contributed by atoms with Crippen LogP contribution in [0.3, 0.4) is 0 Å². The molecule has 4 aromatic rings. The highest BCUT2D eigenvalue weighted by molar-refractivity contribution is 5.79. The number of carbonyl (C=O) groups is 1. The molecule has 40 heavy (non-hydrogen) atoms. The van der Waals surface area contributed by atoms with Crippen molar-refractivity contribution >= 4 is 6.09 Å². The Morgan fingerprint density at radius 3 is 2.17 bits per heavy atom. The molecule has 1 N–H and O–H groups in total. The van der Waals surface area contributed by atoms with Gasteiger partial charge in [-0.05, 0) is 53.8 Å². The minimum atomic E-state index is -0.512. The summed E-state index contributed by atoms with van der Waals surface area (Å²) in [5.41, 5.74) is 8.02. The van der Waals surface area contributed by atoms with Gasteiger partial charge >= 0.3 is 6.09 Å². The standard InChI is InChI=1S/C34H33NO5/c1-22-11-13-24(14-12-22)19-37-26-17-15-25(16-18-26)33-38-21-32(23(2)40-33)35-34(36)39-20-31-29-9-5-3-7-27(29)28-8-4-6-10-30(28)31/h3-18,23,31-33H,19-21H2,1-2H3,(H,35,36). The van der Waals surface area contributed by atoms with Gasteiger partial charge in [0.1, 0.15) is 19.0 Å². The summed E-state index contributed by atoms with van der Waals surface area (Å²) in [4.78, 5) is 12.7. The van der Waals surface area contributed by atoms with E-state index in [-0.39, 0.29) is 24.7 Å². The largest absolute Gasteiger partial charge is 0.489 e. The van der Waals surface area contributed by atoms with Crippen molar-refractivity contribution < 1.29 is 23.7 Å².